The molecule has 3 rings (SSSR count). The maximum absolute atomic E-state index is 12.7. The number of carbonyl (C=O) groups is 2. The molecule has 0 atom stereocenters. The first kappa shape index (κ1) is 19.6. The first-order valence-corrected chi connectivity index (χ1v) is 9.26. The molecule has 0 bridgehead atoms. The van der Waals surface area contributed by atoms with Gasteiger partial charge in [-0.3, -0.25) is 9.59 Å². The zero-order valence-electron chi connectivity index (χ0n) is 15.6. The molecule has 0 aliphatic heterocycles. The number of halogens is 1. The van der Waals surface area contributed by atoms with Crippen LogP contribution < -0.4 is 15.4 Å². The van der Waals surface area contributed by atoms with Crippen LogP contribution in [0.2, 0.25) is 0 Å². The Morgan fingerprint density at radius 1 is 1.11 bits per heavy atom. The Kier molecular flexibility index (Phi) is 5.79. The average molecular weight is 443 g/mol. The molecule has 7 nitrogen and oxygen atoms in total. The van der Waals surface area contributed by atoms with Crippen LogP contribution in [0.4, 0.5) is 11.4 Å². The molecule has 28 heavy (non-hydrogen) atoms. The lowest BCUT2D eigenvalue weighted by Gasteiger charge is -2.12. The summed E-state index contributed by atoms with van der Waals surface area (Å²) in [6.07, 6.45) is 1.53. The minimum absolute atomic E-state index is 0.228. The zero-order valence-corrected chi connectivity index (χ0v) is 17.2. The van der Waals surface area contributed by atoms with Gasteiger partial charge < -0.3 is 15.4 Å². The smallest absolute Gasteiger partial charge is 0.259 e. The van der Waals surface area contributed by atoms with Crippen LogP contribution in [-0.2, 0) is 4.79 Å². The Hall–Kier alpha value is -3.13. The van der Waals surface area contributed by atoms with Gasteiger partial charge in [-0.2, -0.15) is 5.10 Å². The molecular weight excluding hydrogens is 424 g/mol. The summed E-state index contributed by atoms with van der Waals surface area (Å²) in [6.45, 7) is 3.24. The molecule has 144 valence electrons. The van der Waals surface area contributed by atoms with Gasteiger partial charge in [-0.25, -0.2) is 4.68 Å². The fraction of sp³-hybridized carbons (Fsp3) is 0.150. The van der Waals surface area contributed by atoms with Gasteiger partial charge in [0, 0.05) is 17.1 Å². The summed E-state index contributed by atoms with van der Waals surface area (Å²) >= 11 is 3.40. The van der Waals surface area contributed by atoms with Crippen LogP contribution >= 0.6 is 15.9 Å². The fourth-order valence-corrected chi connectivity index (χ4v) is 3.01. The molecule has 0 aliphatic rings. The van der Waals surface area contributed by atoms with Gasteiger partial charge in [0.25, 0.3) is 5.91 Å². The number of hydrogen-bond acceptors (Lipinski definition) is 4. The Morgan fingerprint density at radius 2 is 1.82 bits per heavy atom. The highest BCUT2D eigenvalue weighted by Gasteiger charge is 2.16. The highest BCUT2D eigenvalue weighted by atomic mass is 79.9. The summed E-state index contributed by atoms with van der Waals surface area (Å²) in [7, 11) is 1.51. The SMILES string of the molecule is COc1ccc(NC(=O)c2cnn(-c3ccc(Br)cc3)c2C)cc1NC(C)=O. The van der Waals surface area contributed by atoms with Gasteiger partial charge in [0.15, 0.2) is 0 Å². The number of methoxy groups -OCH3 is 1. The highest BCUT2D eigenvalue weighted by molar-refractivity contribution is 9.10. The number of nitrogens with zero attached hydrogens (tertiary/aromatic N) is 2. The number of hydrogen-bond donors (Lipinski definition) is 2. The normalized spacial score (nSPS) is 10.4. The number of aromatic nitrogens is 2. The number of ether oxygens (including phenoxy) is 1. The molecule has 2 amide bonds. The number of carbonyl (C=O) groups excluding carboxylic acids is 2. The number of benzene rings is 2. The largest absolute Gasteiger partial charge is 0.495 e. The summed E-state index contributed by atoms with van der Waals surface area (Å²) in [5, 5.41) is 9.84. The third-order valence-electron chi connectivity index (χ3n) is 4.09. The number of rotatable bonds is 5. The molecule has 0 unspecified atom stereocenters. The van der Waals surface area contributed by atoms with Crippen molar-refractivity contribution in [3.63, 3.8) is 0 Å². The van der Waals surface area contributed by atoms with E-state index in [9.17, 15) is 9.59 Å². The third-order valence-corrected chi connectivity index (χ3v) is 4.62. The van der Waals surface area contributed by atoms with E-state index in [0.29, 0.717) is 22.7 Å². The monoisotopic (exact) mass is 442 g/mol. The Balaban J connectivity index is 1.84. The molecular formula is C20H19BrN4O3. The lowest BCUT2D eigenvalue weighted by atomic mass is 10.2. The quantitative estimate of drug-likeness (QED) is 0.620. The highest BCUT2D eigenvalue weighted by Crippen LogP contribution is 2.28. The van der Waals surface area contributed by atoms with Crippen LogP contribution in [0, 0.1) is 6.92 Å². The maximum Gasteiger partial charge on any atom is 0.259 e. The fourth-order valence-electron chi connectivity index (χ4n) is 2.75. The number of nitrogens with one attached hydrogen (secondary N) is 2. The van der Waals surface area contributed by atoms with Crippen molar-refractivity contribution < 1.29 is 14.3 Å². The Morgan fingerprint density at radius 3 is 2.46 bits per heavy atom. The summed E-state index contributed by atoms with van der Waals surface area (Å²) in [5.41, 5.74) is 3.05. The zero-order chi connectivity index (χ0) is 20.3. The van der Waals surface area contributed by atoms with Crippen molar-refractivity contribution in [2.45, 2.75) is 13.8 Å². The molecule has 0 fully saturated rings. The molecule has 2 aromatic carbocycles. The molecule has 3 aromatic rings. The van der Waals surface area contributed by atoms with Crippen LogP contribution in [0.3, 0.4) is 0 Å². The molecule has 0 aliphatic carbocycles. The minimum atomic E-state index is -0.292. The van der Waals surface area contributed by atoms with E-state index >= 15 is 0 Å². The van der Waals surface area contributed by atoms with E-state index in [1.54, 1.807) is 22.9 Å². The lowest BCUT2D eigenvalue weighted by Crippen LogP contribution is -2.14. The van der Waals surface area contributed by atoms with Gasteiger partial charge in [-0.1, -0.05) is 15.9 Å². The predicted octanol–water partition coefficient (Wildman–Crippen LogP) is 4.16. The van der Waals surface area contributed by atoms with Crippen molar-refractivity contribution in [2.75, 3.05) is 17.7 Å². The van der Waals surface area contributed by atoms with Crippen LogP contribution in [0.5, 0.6) is 5.75 Å². The first-order valence-electron chi connectivity index (χ1n) is 8.46. The molecule has 1 heterocycles. The maximum atomic E-state index is 12.7. The molecule has 0 radical (unpaired) electrons. The molecule has 2 N–H and O–H groups in total. The molecule has 0 saturated heterocycles. The van der Waals surface area contributed by atoms with E-state index in [1.807, 2.05) is 31.2 Å². The van der Waals surface area contributed by atoms with Gasteiger partial charge in [0.2, 0.25) is 5.91 Å². The van der Waals surface area contributed by atoms with Crippen molar-refractivity contribution in [3.8, 4) is 11.4 Å². The standard InChI is InChI=1S/C20H19BrN4O3/c1-12-17(11-22-25(12)16-7-4-14(21)5-8-16)20(27)24-15-6-9-19(28-3)18(10-15)23-13(2)26/h4-11H,1-3H3,(H,23,26)(H,24,27). The summed E-state index contributed by atoms with van der Waals surface area (Å²) in [5.74, 6) is -0.0133. The topological polar surface area (TPSA) is 85.2 Å². The third kappa shape index (κ3) is 4.23. The van der Waals surface area contributed by atoms with Crippen LogP contribution in [0.25, 0.3) is 5.69 Å². The van der Waals surface area contributed by atoms with Crippen molar-refractivity contribution in [1.82, 2.24) is 9.78 Å². The minimum Gasteiger partial charge on any atom is -0.495 e. The van der Waals surface area contributed by atoms with Crippen molar-refractivity contribution >= 4 is 39.1 Å². The van der Waals surface area contributed by atoms with E-state index in [-0.39, 0.29) is 11.8 Å². The predicted molar refractivity (Wildman–Crippen MR) is 111 cm³/mol. The van der Waals surface area contributed by atoms with Crippen molar-refractivity contribution in [1.29, 1.82) is 0 Å². The van der Waals surface area contributed by atoms with Crippen molar-refractivity contribution in [2.24, 2.45) is 0 Å². The van der Waals surface area contributed by atoms with Gasteiger partial charge in [0.05, 0.1) is 35.9 Å². The lowest BCUT2D eigenvalue weighted by molar-refractivity contribution is -0.114. The molecule has 0 saturated carbocycles. The van der Waals surface area contributed by atoms with Gasteiger partial charge >= 0.3 is 0 Å². The van der Waals surface area contributed by atoms with E-state index in [1.165, 1.54) is 20.2 Å². The summed E-state index contributed by atoms with van der Waals surface area (Å²) in [4.78, 5) is 24.1. The summed E-state index contributed by atoms with van der Waals surface area (Å²) < 4.78 is 7.90. The van der Waals surface area contributed by atoms with E-state index in [4.69, 9.17) is 4.74 Å². The van der Waals surface area contributed by atoms with Crippen LogP contribution in [0.1, 0.15) is 23.0 Å². The molecule has 1 aromatic heterocycles. The number of amides is 2. The Bertz CT molecular complexity index is 1030. The Labute approximate surface area is 170 Å². The van der Waals surface area contributed by atoms with Crippen LogP contribution in [-0.4, -0.2) is 28.7 Å². The second-order valence-corrected chi connectivity index (χ2v) is 7.00. The van der Waals surface area contributed by atoms with Gasteiger partial charge in [-0.15, -0.1) is 0 Å². The molecule has 0 spiro atoms. The number of anilines is 2. The van der Waals surface area contributed by atoms with E-state index < -0.39 is 0 Å². The second-order valence-electron chi connectivity index (χ2n) is 6.08. The van der Waals surface area contributed by atoms with E-state index in [0.717, 1.165) is 15.9 Å². The van der Waals surface area contributed by atoms with Gasteiger partial charge in [-0.05, 0) is 49.4 Å². The first-order chi connectivity index (χ1) is 13.4. The molecule has 8 heteroatoms. The summed E-state index contributed by atoms with van der Waals surface area (Å²) in [6, 6.07) is 12.7. The van der Waals surface area contributed by atoms with E-state index in [2.05, 4.69) is 31.7 Å². The van der Waals surface area contributed by atoms with Crippen molar-refractivity contribution in [3.05, 3.63) is 64.4 Å². The van der Waals surface area contributed by atoms with Gasteiger partial charge in [0.1, 0.15) is 5.75 Å². The second kappa shape index (κ2) is 8.26. The van der Waals surface area contributed by atoms with Crippen LogP contribution in [0.15, 0.2) is 53.1 Å². The average Bonchev–Trinajstić information content (AvgIpc) is 3.04.